The quantitative estimate of drug-likeness (QED) is 0.599. The lowest BCUT2D eigenvalue weighted by Crippen LogP contribution is -2.32. The standard InChI is InChI=1S/C16H17Br2NO4/c1-3-21-13(16(20)22-4-2)9-23-15-12(18)8-11(17)10-6-5-7-19-14(10)15/h5-8,13H,3-4,9H2,1-2H3. The van der Waals surface area contributed by atoms with Crippen LogP contribution in [0, 0.1) is 0 Å². The van der Waals surface area contributed by atoms with Gasteiger partial charge in [0.15, 0.2) is 11.9 Å². The van der Waals surface area contributed by atoms with Gasteiger partial charge in [-0.15, -0.1) is 0 Å². The summed E-state index contributed by atoms with van der Waals surface area (Å²) in [7, 11) is 0. The van der Waals surface area contributed by atoms with Crippen LogP contribution in [-0.4, -0.2) is 36.9 Å². The summed E-state index contributed by atoms with van der Waals surface area (Å²) in [5, 5.41) is 0.926. The molecule has 0 radical (unpaired) electrons. The number of halogens is 2. The molecule has 0 aliphatic rings. The Bertz CT molecular complexity index is 693. The van der Waals surface area contributed by atoms with E-state index in [1.54, 1.807) is 13.1 Å². The van der Waals surface area contributed by atoms with Crippen molar-refractivity contribution in [2.45, 2.75) is 20.0 Å². The number of hydrogen-bond donors (Lipinski definition) is 0. The summed E-state index contributed by atoms with van der Waals surface area (Å²) in [5.74, 6) is 0.137. The van der Waals surface area contributed by atoms with Gasteiger partial charge in [-0.2, -0.15) is 0 Å². The Labute approximate surface area is 151 Å². The molecular formula is C16H17Br2NO4. The first-order valence-electron chi connectivity index (χ1n) is 7.22. The minimum Gasteiger partial charge on any atom is -0.487 e. The molecule has 1 aromatic carbocycles. The monoisotopic (exact) mass is 445 g/mol. The Morgan fingerprint density at radius 1 is 1.26 bits per heavy atom. The van der Waals surface area contributed by atoms with Crippen LogP contribution in [0.25, 0.3) is 10.9 Å². The minimum absolute atomic E-state index is 0.0541. The van der Waals surface area contributed by atoms with Gasteiger partial charge in [-0.25, -0.2) is 4.79 Å². The van der Waals surface area contributed by atoms with Gasteiger partial charge in [0.1, 0.15) is 12.1 Å². The van der Waals surface area contributed by atoms with Gasteiger partial charge in [0.2, 0.25) is 0 Å². The van der Waals surface area contributed by atoms with Gasteiger partial charge < -0.3 is 14.2 Å². The Balaban J connectivity index is 2.25. The number of pyridine rings is 1. The van der Waals surface area contributed by atoms with Gasteiger partial charge in [-0.3, -0.25) is 4.98 Å². The highest BCUT2D eigenvalue weighted by Gasteiger charge is 2.22. The maximum Gasteiger partial charge on any atom is 0.338 e. The molecule has 23 heavy (non-hydrogen) atoms. The van der Waals surface area contributed by atoms with E-state index in [9.17, 15) is 4.79 Å². The topological polar surface area (TPSA) is 57.7 Å². The van der Waals surface area contributed by atoms with Crippen LogP contribution in [0.4, 0.5) is 0 Å². The molecule has 2 rings (SSSR count). The molecule has 0 fully saturated rings. The largest absolute Gasteiger partial charge is 0.487 e. The first kappa shape index (κ1) is 18.2. The number of ether oxygens (including phenoxy) is 3. The lowest BCUT2D eigenvalue weighted by Gasteiger charge is -2.18. The summed E-state index contributed by atoms with van der Waals surface area (Å²) in [6, 6.07) is 5.68. The first-order chi connectivity index (χ1) is 11.1. The third-order valence-electron chi connectivity index (χ3n) is 3.05. The number of esters is 1. The van der Waals surface area contributed by atoms with Gasteiger partial charge in [-0.1, -0.05) is 22.0 Å². The number of nitrogens with zero attached hydrogens (tertiary/aromatic N) is 1. The van der Waals surface area contributed by atoms with Gasteiger partial charge >= 0.3 is 5.97 Å². The molecule has 0 N–H and O–H groups in total. The second-order valence-corrected chi connectivity index (χ2v) is 6.28. The van der Waals surface area contributed by atoms with Gasteiger partial charge in [0.05, 0.1) is 11.1 Å². The number of carbonyl (C=O) groups excluding carboxylic acids is 1. The fraction of sp³-hybridized carbons (Fsp3) is 0.375. The van der Waals surface area contributed by atoms with Crippen molar-refractivity contribution in [3.63, 3.8) is 0 Å². The zero-order valence-corrected chi connectivity index (χ0v) is 16.0. The van der Waals surface area contributed by atoms with Gasteiger partial charge in [-0.05, 0) is 41.9 Å². The molecule has 0 saturated heterocycles. The molecule has 0 aliphatic carbocycles. The molecule has 0 bridgehead atoms. The average molecular weight is 447 g/mol. The molecule has 1 atom stereocenters. The molecule has 5 nitrogen and oxygen atoms in total. The maximum atomic E-state index is 11.9. The number of carbonyl (C=O) groups is 1. The van der Waals surface area contributed by atoms with Crippen molar-refractivity contribution >= 4 is 48.7 Å². The number of benzene rings is 1. The molecule has 124 valence electrons. The van der Waals surface area contributed by atoms with Crippen molar-refractivity contribution in [3.8, 4) is 5.75 Å². The lowest BCUT2D eigenvalue weighted by atomic mass is 10.2. The second kappa shape index (κ2) is 8.61. The molecule has 7 heteroatoms. The van der Waals surface area contributed by atoms with Crippen molar-refractivity contribution in [1.82, 2.24) is 4.98 Å². The molecule has 1 unspecified atom stereocenters. The second-order valence-electron chi connectivity index (χ2n) is 4.58. The fourth-order valence-electron chi connectivity index (χ4n) is 2.06. The zero-order valence-electron chi connectivity index (χ0n) is 12.8. The number of hydrogen-bond acceptors (Lipinski definition) is 5. The predicted octanol–water partition coefficient (Wildman–Crippen LogP) is 4.11. The normalized spacial score (nSPS) is 12.2. The van der Waals surface area contributed by atoms with Crippen molar-refractivity contribution in [2.75, 3.05) is 19.8 Å². The smallest absolute Gasteiger partial charge is 0.338 e. The highest BCUT2D eigenvalue weighted by molar-refractivity contribution is 9.11. The highest BCUT2D eigenvalue weighted by atomic mass is 79.9. The van der Waals surface area contributed by atoms with Crippen LogP contribution in [0.2, 0.25) is 0 Å². The zero-order chi connectivity index (χ0) is 16.8. The van der Waals surface area contributed by atoms with E-state index in [4.69, 9.17) is 14.2 Å². The minimum atomic E-state index is -0.769. The fourth-order valence-corrected chi connectivity index (χ4v) is 3.45. The van der Waals surface area contributed by atoms with E-state index in [-0.39, 0.29) is 6.61 Å². The summed E-state index contributed by atoms with van der Waals surface area (Å²) in [6.07, 6.45) is 0.925. The van der Waals surface area contributed by atoms with E-state index < -0.39 is 12.1 Å². The number of rotatable bonds is 7. The van der Waals surface area contributed by atoms with Crippen LogP contribution in [0.3, 0.4) is 0 Å². The Morgan fingerprint density at radius 2 is 2.04 bits per heavy atom. The Hall–Kier alpha value is -1.18. The number of fused-ring (bicyclic) bond motifs is 1. The highest BCUT2D eigenvalue weighted by Crippen LogP contribution is 2.37. The third kappa shape index (κ3) is 4.43. The molecule has 1 heterocycles. The van der Waals surface area contributed by atoms with E-state index >= 15 is 0 Å². The first-order valence-corrected chi connectivity index (χ1v) is 8.80. The van der Waals surface area contributed by atoms with Gasteiger partial charge in [0.25, 0.3) is 0 Å². The van der Waals surface area contributed by atoms with E-state index in [0.717, 1.165) is 14.3 Å². The molecule has 1 aromatic heterocycles. The summed E-state index contributed by atoms with van der Waals surface area (Å²) in [4.78, 5) is 16.3. The summed E-state index contributed by atoms with van der Waals surface area (Å²) < 4.78 is 17.9. The van der Waals surface area contributed by atoms with Crippen LogP contribution in [-0.2, 0) is 14.3 Å². The van der Waals surface area contributed by atoms with Crippen LogP contribution in [0.5, 0.6) is 5.75 Å². The SMILES string of the molecule is CCOC(=O)C(COc1c(Br)cc(Br)c2cccnc12)OCC. The van der Waals surface area contributed by atoms with Crippen molar-refractivity contribution in [3.05, 3.63) is 33.3 Å². The third-order valence-corrected chi connectivity index (χ3v) is 4.29. The lowest BCUT2D eigenvalue weighted by molar-refractivity contribution is -0.158. The number of aromatic nitrogens is 1. The van der Waals surface area contributed by atoms with E-state index in [2.05, 4.69) is 36.8 Å². The van der Waals surface area contributed by atoms with E-state index in [1.807, 2.05) is 25.1 Å². The molecule has 0 aliphatic heterocycles. The molecule has 0 spiro atoms. The van der Waals surface area contributed by atoms with Crippen LogP contribution >= 0.6 is 31.9 Å². The predicted molar refractivity (Wildman–Crippen MR) is 94.7 cm³/mol. The van der Waals surface area contributed by atoms with Crippen molar-refractivity contribution < 1.29 is 19.0 Å². The molecule has 0 amide bonds. The average Bonchev–Trinajstić information content (AvgIpc) is 2.53. The molecule has 2 aromatic rings. The molecule has 0 saturated carbocycles. The van der Waals surface area contributed by atoms with E-state index in [0.29, 0.717) is 24.5 Å². The van der Waals surface area contributed by atoms with Crippen LogP contribution < -0.4 is 4.74 Å². The van der Waals surface area contributed by atoms with Crippen molar-refractivity contribution in [1.29, 1.82) is 0 Å². The van der Waals surface area contributed by atoms with Crippen LogP contribution in [0.15, 0.2) is 33.3 Å². The van der Waals surface area contributed by atoms with Crippen LogP contribution in [0.1, 0.15) is 13.8 Å². The Kier molecular flexibility index (Phi) is 6.80. The van der Waals surface area contributed by atoms with Crippen molar-refractivity contribution in [2.24, 2.45) is 0 Å². The molecular weight excluding hydrogens is 430 g/mol. The summed E-state index contributed by atoms with van der Waals surface area (Å²) >= 11 is 6.98. The summed E-state index contributed by atoms with van der Waals surface area (Å²) in [5.41, 5.74) is 0.702. The Morgan fingerprint density at radius 3 is 2.74 bits per heavy atom. The summed E-state index contributed by atoms with van der Waals surface area (Å²) in [6.45, 7) is 4.32. The maximum absolute atomic E-state index is 11.9. The van der Waals surface area contributed by atoms with E-state index in [1.165, 1.54) is 0 Å². The van der Waals surface area contributed by atoms with Gasteiger partial charge in [0, 0.05) is 22.7 Å².